The summed E-state index contributed by atoms with van der Waals surface area (Å²) in [5, 5.41) is 0. The Morgan fingerprint density at radius 3 is 2.31 bits per heavy atom. The number of methoxy groups -OCH3 is 1. The van der Waals surface area contributed by atoms with Crippen molar-refractivity contribution in [3.63, 3.8) is 0 Å². The van der Waals surface area contributed by atoms with E-state index in [1.165, 1.54) is 20.1 Å². The Kier molecular flexibility index (Phi) is 3.85. The highest BCUT2D eigenvalue weighted by Crippen LogP contribution is 2.39. The number of hydrogen-bond donors (Lipinski definition) is 1. The van der Waals surface area contributed by atoms with Gasteiger partial charge in [0.15, 0.2) is 0 Å². The Balaban J connectivity index is 3.43. The largest absolute Gasteiger partial charge is 0.496 e. The van der Waals surface area contributed by atoms with Crippen molar-refractivity contribution in [3.8, 4) is 5.75 Å². The Bertz CT molecular complexity index is 390. The fourth-order valence-corrected chi connectivity index (χ4v) is 1.87. The van der Waals surface area contributed by atoms with Crippen LogP contribution in [0.4, 0.5) is 13.2 Å². The summed E-state index contributed by atoms with van der Waals surface area (Å²) in [7, 11) is 1.31. The second kappa shape index (κ2) is 4.63. The van der Waals surface area contributed by atoms with Gasteiger partial charge < -0.3 is 10.5 Å². The molecule has 1 unspecified atom stereocenters. The number of nitrogens with two attached hydrogens (primary N) is 1. The summed E-state index contributed by atoms with van der Waals surface area (Å²) in [6, 6.07) is 1.59. The molecule has 6 heteroatoms. The van der Waals surface area contributed by atoms with Crippen LogP contribution < -0.4 is 10.5 Å². The predicted molar refractivity (Wildman–Crippen MR) is 58.3 cm³/mol. The molecule has 1 aromatic carbocycles. The Morgan fingerprint density at radius 1 is 1.38 bits per heavy atom. The molecule has 0 aliphatic heterocycles. The molecule has 0 radical (unpaired) electrons. The molecule has 90 valence electrons. The topological polar surface area (TPSA) is 35.2 Å². The minimum atomic E-state index is -4.43. The van der Waals surface area contributed by atoms with Gasteiger partial charge in [-0.1, -0.05) is 0 Å². The third-order valence-corrected chi connectivity index (χ3v) is 2.74. The third-order valence-electron chi connectivity index (χ3n) is 2.12. The standard InChI is InChI=1S/C10H11BrF3NO/c1-5(15)6-3-8(11)9(16-2)4-7(6)10(12,13)14/h3-5H,15H2,1-2H3. The second-order valence-electron chi connectivity index (χ2n) is 3.36. The van der Waals surface area contributed by atoms with Crippen molar-refractivity contribution < 1.29 is 17.9 Å². The number of hydrogen-bond acceptors (Lipinski definition) is 2. The minimum absolute atomic E-state index is 0.0418. The van der Waals surface area contributed by atoms with Crippen LogP contribution in [0, 0.1) is 0 Å². The number of benzene rings is 1. The van der Waals surface area contributed by atoms with E-state index in [1.54, 1.807) is 0 Å². The first-order valence-electron chi connectivity index (χ1n) is 4.47. The zero-order chi connectivity index (χ0) is 12.5. The van der Waals surface area contributed by atoms with Crippen LogP contribution >= 0.6 is 15.9 Å². The van der Waals surface area contributed by atoms with Crippen LogP contribution in [0.3, 0.4) is 0 Å². The quantitative estimate of drug-likeness (QED) is 0.907. The lowest BCUT2D eigenvalue weighted by Gasteiger charge is -2.17. The minimum Gasteiger partial charge on any atom is -0.496 e. The Morgan fingerprint density at radius 2 is 1.94 bits per heavy atom. The molecule has 0 saturated carbocycles. The SMILES string of the molecule is COc1cc(C(F)(F)F)c(C(C)N)cc1Br. The molecule has 2 N–H and O–H groups in total. The van der Waals surface area contributed by atoms with Gasteiger partial charge in [0.2, 0.25) is 0 Å². The molecular weight excluding hydrogens is 287 g/mol. The summed E-state index contributed by atoms with van der Waals surface area (Å²) in [6.07, 6.45) is -4.43. The average molecular weight is 298 g/mol. The van der Waals surface area contributed by atoms with Gasteiger partial charge in [-0.25, -0.2) is 0 Å². The number of ether oxygens (including phenoxy) is 1. The zero-order valence-corrected chi connectivity index (χ0v) is 10.3. The zero-order valence-electron chi connectivity index (χ0n) is 8.73. The van der Waals surface area contributed by atoms with Crippen molar-refractivity contribution in [3.05, 3.63) is 27.7 Å². The smallest absolute Gasteiger partial charge is 0.416 e. The highest BCUT2D eigenvalue weighted by Gasteiger charge is 2.35. The fraction of sp³-hybridized carbons (Fsp3) is 0.400. The molecule has 0 heterocycles. The average Bonchev–Trinajstić information content (AvgIpc) is 2.15. The predicted octanol–water partition coefficient (Wildman–Crippen LogP) is 3.50. The molecule has 0 aromatic heterocycles. The van der Waals surface area contributed by atoms with Gasteiger partial charge in [-0.05, 0) is 40.5 Å². The van der Waals surface area contributed by atoms with Gasteiger partial charge in [0.05, 0.1) is 17.1 Å². The van der Waals surface area contributed by atoms with Crippen molar-refractivity contribution in [1.29, 1.82) is 0 Å². The summed E-state index contributed by atoms with van der Waals surface area (Å²) < 4.78 is 43.5. The molecule has 1 aromatic rings. The maximum Gasteiger partial charge on any atom is 0.416 e. The number of halogens is 4. The molecule has 0 aliphatic carbocycles. The number of rotatable bonds is 2. The molecule has 2 nitrogen and oxygen atoms in total. The lowest BCUT2D eigenvalue weighted by molar-refractivity contribution is -0.138. The summed E-state index contributed by atoms with van der Waals surface area (Å²) in [5.74, 6) is 0.136. The normalized spacial score (nSPS) is 13.7. The molecule has 0 bridgehead atoms. The van der Waals surface area contributed by atoms with Crippen molar-refractivity contribution in [2.24, 2.45) is 5.73 Å². The fourth-order valence-electron chi connectivity index (χ4n) is 1.35. The molecule has 1 atom stereocenters. The highest BCUT2D eigenvalue weighted by atomic mass is 79.9. The molecule has 0 fully saturated rings. The molecule has 0 aliphatic rings. The lowest BCUT2D eigenvalue weighted by atomic mass is 10.0. The highest BCUT2D eigenvalue weighted by molar-refractivity contribution is 9.10. The third kappa shape index (κ3) is 2.68. The van der Waals surface area contributed by atoms with E-state index < -0.39 is 17.8 Å². The van der Waals surface area contributed by atoms with Crippen LogP contribution in [0.1, 0.15) is 24.1 Å². The maximum atomic E-state index is 12.7. The summed E-state index contributed by atoms with van der Waals surface area (Å²) in [5.41, 5.74) is 4.79. The van der Waals surface area contributed by atoms with E-state index in [0.29, 0.717) is 4.47 Å². The van der Waals surface area contributed by atoms with Gasteiger partial charge in [-0.2, -0.15) is 13.2 Å². The van der Waals surface area contributed by atoms with Crippen molar-refractivity contribution in [2.45, 2.75) is 19.1 Å². The van der Waals surface area contributed by atoms with E-state index in [9.17, 15) is 13.2 Å². The van der Waals surface area contributed by atoms with Gasteiger partial charge in [-0.3, -0.25) is 0 Å². The van der Waals surface area contributed by atoms with E-state index in [1.807, 2.05) is 0 Å². The molecule has 0 amide bonds. The van der Waals surface area contributed by atoms with Gasteiger partial charge in [0, 0.05) is 6.04 Å². The first-order valence-corrected chi connectivity index (χ1v) is 5.27. The van der Waals surface area contributed by atoms with E-state index in [4.69, 9.17) is 10.5 Å². The van der Waals surface area contributed by atoms with E-state index in [2.05, 4.69) is 15.9 Å². The van der Waals surface area contributed by atoms with Crippen LogP contribution in [0.25, 0.3) is 0 Å². The second-order valence-corrected chi connectivity index (χ2v) is 4.21. The summed E-state index contributed by atoms with van der Waals surface area (Å²) in [6.45, 7) is 1.50. The van der Waals surface area contributed by atoms with E-state index in [-0.39, 0.29) is 11.3 Å². The van der Waals surface area contributed by atoms with Crippen molar-refractivity contribution in [1.82, 2.24) is 0 Å². The summed E-state index contributed by atoms with van der Waals surface area (Å²) >= 11 is 3.13. The Labute approximate surface area is 99.7 Å². The molecule has 16 heavy (non-hydrogen) atoms. The van der Waals surface area contributed by atoms with E-state index in [0.717, 1.165) is 6.07 Å². The van der Waals surface area contributed by atoms with Crippen LogP contribution in [-0.4, -0.2) is 7.11 Å². The maximum absolute atomic E-state index is 12.7. The van der Waals surface area contributed by atoms with Crippen LogP contribution in [0.5, 0.6) is 5.75 Å². The first kappa shape index (κ1) is 13.3. The molecular formula is C10H11BrF3NO. The van der Waals surface area contributed by atoms with Gasteiger partial charge >= 0.3 is 6.18 Å². The first-order chi connectivity index (χ1) is 7.27. The molecule has 0 saturated heterocycles. The number of alkyl halides is 3. The van der Waals surface area contributed by atoms with Gasteiger partial charge in [0.25, 0.3) is 0 Å². The Hall–Kier alpha value is -0.750. The van der Waals surface area contributed by atoms with Crippen LogP contribution in [0.15, 0.2) is 16.6 Å². The van der Waals surface area contributed by atoms with Gasteiger partial charge in [-0.15, -0.1) is 0 Å². The van der Waals surface area contributed by atoms with Crippen LogP contribution in [-0.2, 0) is 6.18 Å². The van der Waals surface area contributed by atoms with E-state index >= 15 is 0 Å². The lowest BCUT2D eigenvalue weighted by Crippen LogP contribution is -2.15. The van der Waals surface area contributed by atoms with Crippen molar-refractivity contribution in [2.75, 3.05) is 7.11 Å². The van der Waals surface area contributed by atoms with Crippen molar-refractivity contribution >= 4 is 15.9 Å². The molecule has 0 spiro atoms. The molecule has 1 rings (SSSR count). The summed E-state index contributed by atoms with van der Waals surface area (Å²) in [4.78, 5) is 0. The monoisotopic (exact) mass is 297 g/mol. The van der Waals surface area contributed by atoms with Crippen LogP contribution in [0.2, 0.25) is 0 Å². The van der Waals surface area contributed by atoms with Gasteiger partial charge in [0.1, 0.15) is 5.75 Å².